The van der Waals surface area contributed by atoms with Gasteiger partial charge in [0.15, 0.2) is 5.96 Å². The zero-order chi connectivity index (χ0) is 18.4. The normalized spacial score (nSPS) is 23.1. The molecule has 0 spiro atoms. The number of thioether (sulfide) groups is 1. The summed E-state index contributed by atoms with van der Waals surface area (Å²) >= 11 is 2.03. The third-order valence-corrected chi connectivity index (χ3v) is 6.61. The molecule has 0 bridgehead atoms. The molecular weight excluding hydrogens is 348 g/mol. The predicted octanol–water partition coefficient (Wildman–Crippen LogP) is 1.61. The van der Waals surface area contributed by atoms with Crippen LogP contribution in [0.4, 0.5) is 0 Å². The van der Waals surface area contributed by atoms with Crippen molar-refractivity contribution >= 4 is 17.7 Å². The Balaban J connectivity index is 1.47. The minimum atomic E-state index is 0.0476. The largest absolute Gasteiger partial charge is 0.357 e. The minimum Gasteiger partial charge on any atom is -0.357 e. The van der Waals surface area contributed by atoms with Crippen LogP contribution in [0.5, 0.6) is 0 Å². The fourth-order valence-corrected chi connectivity index (χ4v) is 4.81. The van der Waals surface area contributed by atoms with Crippen LogP contribution in [-0.4, -0.2) is 50.4 Å². The molecule has 2 N–H and O–H groups in total. The molecule has 1 aromatic rings. The van der Waals surface area contributed by atoms with Crippen molar-refractivity contribution in [1.82, 2.24) is 25.0 Å². The lowest BCUT2D eigenvalue weighted by atomic mass is 10.1. The lowest BCUT2D eigenvalue weighted by Crippen LogP contribution is -2.39. The number of aryl methyl sites for hydroxylation is 2. The Bertz CT molecular complexity index is 674. The molecule has 0 aromatic carbocycles. The Morgan fingerprint density at radius 3 is 2.96 bits per heavy atom. The van der Waals surface area contributed by atoms with E-state index in [0.29, 0.717) is 6.54 Å². The van der Waals surface area contributed by atoms with Crippen LogP contribution in [-0.2, 0) is 19.5 Å². The van der Waals surface area contributed by atoms with Crippen molar-refractivity contribution in [1.29, 1.82) is 0 Å². The average molecular weight is 381 g/mol. The monoisotopic (exact) mass is 380 g/mol. The average Bonchev–Trinajstić information content (AvgIpc) is 3.21. The molecule has 2 aliphatic heterocycles. The highest BCUT2D eigenvalue weighted by atomic mass is 32.2. The first-order valence-electron chi connectivity index (χ1n) is 9.94. The van der Waals surface area contributed by atoms with E-state index >= 15 is 0 Å². The van der Waals surface area contributed by atoms with E-state index in [1.807, 2.05) is 16.3 Å². The van der Waals surface area contributed by atoms with E-state index in [1.165, 1.54) is 18.6 Å². The Kier molecular flexibility index (Phi) is 6.67. The molecule has 2 aliphatic rings. The van der Waals surface area contributed by atoms with Crippen LogP contribution in [0, 0.1) is 0 Å². The van der Waals surface area contributed by atoms with E-state index in [1.54, 1.807) is 4.68 Å². The van der Waals surface area contributed by atoms with Gasteiger partial charge in [-0.25, -0.2) is 9.48 Å². The topological polar surface area (TPSA) is 76.2 Å². The summed E-state index contributed by atoms with van der Waals surface area (Å²) in [5.74, 6) is 3.07. The summed E-state index contributed by atoms with van der Waals surface area (Å²) in [4.78, 5) is 17.1. The zero-order valence-electron chi connectivity index (χ0n) is 16.1. The zero-order valence-corrected chi connectivity index (χ0v) is 16.9. The van der Waals surface area contributed by atoms with E-state index in [-0.39, 0.29) is 10.4 Å². The van der Waals surface area contributed by atoms with Gasteiger partial charge in [0.05, 0.1) is 6.54 Å². The molecule has 0 saturated carbocycles. The second kappa shape index (κ2) is 8.97. The molecule has 0 aliphatic carbocycles. The number of nitrogens with one attached hydrogen (secondary N) is 2. The van der Waals surface area contributed by atoms with Crippen molar-refractivity contribution in [3.05, 3.63) is 16.3 Å². The summed E-state index contributed by atoms with van der Waals surface area (Å²) in [5, 5.41) is 11.2. The van der Waals surface area contributed by atoms with Crippen molar-refractivity contribution in [2.24, 2.45) is 4.99 Å². The summed E-state index contributed by atoms with van der Waals surface area (Å²) in [6.45, 7) is 8.34. The molecule has 1 atom stereocenters. The number of hydrogen-bond donors (Lipinski definition) is 2. The molecule has 26 heavy (non-hydrogen) atoms. The first-order valence-corrected chi connectivity index (χ1v) is 10.9. The molecular formula is C18H32N6OS. The van der Waals surface area contributed by atoms with Crippen LogP contribution >= 0.6 is 11.8 Å². The van der Waals surface area contributed by atoms with E-state index in [4.69, 9.17) is 4.99 Å². The maximum atomic E-state index is 12.3. The van der Waals surface area contributed by atoms with Crippen molar-refractivity contribution in [2.75, 3.05) is 25.4 Å². The van der Waals surface area contributed by atoms with Crippen LogP contribution in [0.1, 0.15) is 51.8 Å². The van der Waals surface area contributed by atoms with E-state index < -0.39 is 0 Å². The van der Waals surface area contributed by atoms with Crippen LogP contribution in [0.25, 0.3) is 0 Å². The molecule has 1 unspecified atom stereocenters. The number of hydrogen-bond acceptors (Lipinski definition) is 4. The van der Waals surface area contributed by atoms with Gasteiger partial charge in [-0.3, -0.25) is 9.56 Å². The molecule has 3 heterocycles. The van der Waals surface area contributed by atoms with Gasteiger partial charge in [0.25, 0.3) is 0 Å². The highest BCUT2D eigenvalue weighted by Crippen LogP contribution is 2.37. The third kappa shape index (κ3) is 4.84. The van der Waals surface area contributed by atoms with Gasteiger partial charge in [-0.1, -0.05) is 0 Å². The summed E-state index contributed by atoms with van der Waals surface area (Å²) in [6.07, 6.45) is 6.54. The summed E-state index contributed by atoms with van der Waals surface area (Å²) in [5.41, 5.74) is 0.0476. The van der Waals surface area contributed by atoms with Gasteiger partial charge < -0.3 is 10.6 Å². The van der Waals surface area contributed by atoms with E-state index in [9.17, 15) is 4.79 Å². The van der Waals surface area contributed by atoms with Crippen molar-refractivity contribution in [2.45, 2.75) is 70.2 Å². The van der Waals surface area contributed by atoms with Crippen molar-refractivity contribution < 1.29 is 0 Å². The Morgan fingerprint density at radius 2 is 2.23 bits per heavy atom. The van der Waals surface area contributed by atoms with Gasteiger partial charge in [-0.15, -0.1) is 0 Å². The first-order chi connectivity index (χ1) is 12.6. The van der Waals surface area contributed by atoms with Crippen LogP contribution < -0.4 is 16.3 Å². The molecule has 1 saturated heterocycles. The van der Waals surface area contributed by atoms with E-state index in [0.717, 1.165) is 63.6 Å². The Labute approximate surface area is 160 Å². The van der Waals surface area contributed by atoms with E-state index in [2.05, 4.69) is 29.6 Å². The van der Waals surface area contributed by atoms with Crippen molar-refractivity contribution in [3.63, 3.8) is 0 Å². The van der Waals surface area contributed by atoms with Crippen LogP contribution in [0.2, 0.25) is 0 Å². The molecule has 0 amide bonds. The van der Waals surface area contributed by atoms with Crippen LogP contribution in [0.15, 0.2) is 9.79 Å². The van der Waals surface area contributed by atoms with Crippen molar-refractivity contribution in [3.8, 4) is 0 Å². The Hall–Kier alpha value is -1.44. The lowest BCUT2D eigenvalue weighted by molar-refractivity contribution is 0.509. The van der Waals surface area contributed by atoms with Crippen LogP contribution in [0.3, 0.4) is 0 Å². The standard InChI is InChI=1S/C18H32N6OS/c1-3-19-16(21-14-18(2)9-6-13-26-18)20-10-7-12-24-17(25)23-11-5-4-8-15(23)22-24/h3-14H2,1-2H3,(H2,19,20,21). The molecule has 3 rings (SSSR count). The molecule has 7 nitrogen and oxygen atoms in total. The second-order valence-corrected chi connectivity index (χ2v) is 9.09. The van der Waals surface area contributed by atoms with Gasteiger partial charge in [-0.05, 0) is 51.7 Å². The number of nitrogens with zero attached hydrogens (tertiary/aromatic N) is 4. The molecule has 1 aromatic heterocycles. The second-order valence-electron chi connectivity index (χ2n) is 7.41. The van der Waals surface area contributed by atoms with Gasteiger partial charge in [0, 0.05) is 37.3 Å². The lowest BCUT2D eigenvalue weighted by Gasteiger charge is -2.21. The van der Waals surface area contributed by atoms with Gasteiger partial charge in [0.2, 0.25) is 0 Å². The quantitative estimate of drug-likeness (QED) is 0.427. The van der Waals surface area contributed by atoms with Gasteiger partial charge in [-0.2, -0.15) is 16.9 Å². The number of aromatic nitrogens is 3. The maximum Gasteiger partial charge on any atom is 0.345 e. The molecule has 8 heteroatoms. The predicted molar refractivity (Wildman–Crippen MR) is 108 cm³/mol. The maximum absolute atomic E-state index is 12.3. The van der Waals surface area contributed by atoms with Gasteiger partial charge in [0.1, 0.15) is 5.82 Å². The molecule has 146 valence electrons. The molecule has 0 radical (unpaired) electrons. The SMILES string of the molecule is CCNC(=NCC1(C)CCCS1)NCCCn1nc2n(c1=O)CCCC2. The number of guanidine groups is 1. The summed E-state index contributed by atoms with van der Waals surface area (Å²) in [7, 11) is 0. The molecule has 1 fully saturated rings. The highest BCUT2D eigenvalue weighted by Gasteiger charge is 2.29. The first kappa shape index (κ1) is 19.3. The van der Waals surface area contributed by atoms with Gasteiger partial charge >= 0.3 is 5.69 Å². The minimum absolute atomic E-state index is 0.0476. The Morgan fingerprint density at radius 1 is 1.35 bits per heavy atom. The number of fused-ring (bicyclic) bond motifs is 1. The third-order valence-electron chi connectivity index (χ3n) is 5.09. The summed E-state index contributed by atoms with van der Waals surface area (Å²) in [6, 6.07) is 0. The smallest absolute Gasteiger partial charge is 0.345 e. The highest BCUT2D eigenvalue weighted by molar-refractivity contribution is 8.00. The summed E-state index contributed by atoms with van der Waals surface area (Å²) < 4.78 is 3.75. The fraction of sp³-hybridized carbons (Fsp3) is 0.833. The fourth-order valence-electron chi connectivity index (χ4n) is 3.58. The number of rotatable bonds is 7. The number of aliphatic imine (C=N–C) groups is 1.